The highest BCUT2D eigenvalue weighted by Crippen LogP contribution is 2.25. The van der Waals surface area contributed by atoms with E-state index >= 15 is 0 Å². The molecule has 0 radical (unpaired) electrons. The van der Waals surface area contributed by atoms with E-state index in [4.69, 9.17) is 5.26 Å². The standard InChI is InChI=1S/C15H16N4/c1-10-5-6-14(11(2)7-10)19(4)15-17-12(3)8-13(9-16)18-15/h5-8H,1-4H3. The molecule has 0 amide bonds. The third kappa shape index (κ3) is 2.71. The third-order valence-electron chi connectivity index (χ3n) is 2.97. The number of benzene rings is 1. The van der Waals surface area contributed by atoms with E-state index in [1.807, 2.05) is 24.9 Å². The Labute approximate surface area is 113 Å². The number of nitriles is 1. The first kappa shape index (κ1) is 13.0. The van der Waals surface area contributed by atoms with E-state index in [1.165, 1.54) is 5.56 Å². The maximum Gasteiger partial charge on any atom is 0.231 e. The van der Waals surface area contributed by atoms with Gasteiger partial charge in [-0.1, -0.05) is 17.7 Å². The second-order valence-electron chi connectivity index (χ2n) is 4.66. The van der Waals surface area contributed by atoms with Crippen molar-refractivity contribution >= 4 is 11.6 Å². The molecule has 0 atom stereocenters. The summed E-state index contributed by atoms with van der Waals surface area (Å²) < 4.78 is 0. The average Bonchev–Trinajstić information content (AvgIpc) is 2.37. The molecular formula is C15H16N4. The molecule has 2 rings (SSSR count). The van der Waals surface area contributed by atoms with Crippen LogP contribution in [-0.2, 0) is 0 Å². The van der Waals surface area contributed by atoms with Gasteiger partial charge in [0.2, 0.25) is 5.95 Å². The Bertz CT molecular complexity index is 656. The lowest BCUT2D eigenvalue weighted by atomic mass is 10.1. The van der Waals surface area contributed by atoms with E-state index in [9.17, 15) is 0 Å². The van der Waals surface area contributed by atoms with E-state index in [0.717, 1.165) is 16.9 Å². The fraction of sp³-hybridized carbons (Fsp3) is 0.267. The number of aromatic nitrogens is 2. The van der Waals surface area contributed by atoms with Crippen molar-refractivity contribution in [2.24, 2.45) is 0 Å². The van der Waals surface area contributed by atoms with Gasteiger partial charge in [-0.2, -0.15) is 5.26 Å². The second kappa shape index (κ2) is 5.07. The van der Waals surface area contributed by atoms with Gasteiger partial charge in [-0.05, 0) is 38.5 Å². The molecule has 0 saturated heterocycles. The van der Waals surface area contributed by atoms with Crippen LogP contribution in [-0.4, -0.2) is 17.0 Å². The van der Waals surface area contributed by atoms with Crippen LogP contribution in [0.3, 0.4) is 0 Å². The van der Waals surface area contributed by atoms with Gasteiger partial charge in [-0.3, -0.25) is 0 Å². The zero-order chi connectivity index (χ0) is 14.0. The maximum absolute atomic E-state index is 8.97. The van der Waals surface area contributed by atoms with Gasteiger partial charge in [-0.15, -0.1) is 0 Å². The van der Waals surface area contributed by atoms with E-state index in [1.54, 1.807) is 6.07 Å². The first-order valence-electron chi connectivity index (χ1n) is 6.08. The van der Waals surface area contributed by atoms with Gasteiger partial charge in [0.25, 0.3) is 0 Å². The molecule has 2 aromatic rings. The highest BCUT2D eigenvalue weighted by molar-refractivity contribution is 5.61. The molecule has 1 aromatic heterocycles. The molecule has 4 heteroatoms. The quantitative estimate of drug-likeness (QED) is 0.824. The Balaban J connectivity index is 2.47. The Hall–Kier alpha value is -2.41. The summed E-state index contributed by atoms with van der Waals surface area (Å²) in [5.74, 6) is 0.545. The molecule has 0 bridgehead atoms. The number of anilines is 2. The van der Waals surface area contributed by atoms with Gasteiger partial charge >= 0.3 is 0 Å². The average molecular weight is 252 g/mol. The summed E-state index contributed by atoms with van der Waals surface area (Å²) in [6.07, 6.45) is 0. The fourth-order valence-electron chi connectivity index (χ4n) is 2.05. The van der Waals surface area contributed by atoms with Crippen molar-refractivity contribution in [3.8, 4) is 6.07 Å². The van der Waals surface area contributed by atoms with Gasteiger partial charge in [0.05, 0.1) is 0 Å². The topological polar surface area (TPSA) is 52.8 Å². The Morgan fingerprint density at radius 3 is 2.47 bits per heavy atom. The zero-order valence-electron chi connectivity index (χ0n) is 11.6. The number of aryl methyl sites for hydroxylation is 3. The summed E-state index contributed by atoms with van der Waals surface area (Å²) in [6, 6.07) is 9.96. The molecule has 0 spiro atoms. The van der Waals surface area contributed by atoms with Crippen molar-refractivity contribution in [1.82, 2.24) is 9.97 Å². The summed E-state index contributed by atoms with van der Waals surface area (Å²) >= 11 is 0. The molecule has 0 fully saturated rings. The minimum absolute atomic E-state index is 0.388. The Morgan fingerprint density at radius 1 is 1.11 bits per heavy atom. The second-order valence-corrected chi connectivity index (χ2v) is 4.66. The van der Waals surface area contributed by atoms with Gasteiger partial charge in [-0.25, -0.2) is 9.97 Å². The van der Waals surface area contributed by atoms with Crippen LogP contribution in [0.5, 0.6) is 0 Å². The van der Waals surface area contributed by atoms with Crippen LogP contribution in [0.2, 0.25) is 0 Å². The van der Waals surface area contributed by atoms with Crippen LogP contribution in [0, 0.1) is 32.1 Å². The first-order valence-corrected chi connectivity index (χ1v) is 6.08. The van der Waals surface area contributed by atoms with Crippen molar-refractivity contribution < 1.29 is 0 Å². The van der Waals surface area contributed by atoms with E-state index in [2.05, 4.69) is 42.0 Å². The minimum atomic E-state index is 0.388. The molecule has 0 aliphatic rings. The van der Waals surface area contributed by atoms with Crippen LogP contribution in [0.25, 0.3) is 0 Å². The monoisotopic (exact) mass is 252 g/mol. The summed E-state index contributed by atoms with van der Waals surface area (Å²) in [5.41, 5.74) is 4.60. The van der Waals surface area contributed by atoms with Crippen LogP contribution >= 0.6 is 0 Å². The minimum Gasteiger partial charge on any atom is -0.313 e. The van der Waals surface area contributed by atoms with Gasteiger partial charge in [0.1, 0.15) is 11.8 Å². The van der Waals surface area contributed by atoms with E-state index in [0.29, 0.717) is 11.6 Å². The number of rotatable bonds is 2. The molecule has 19 heavy (non-hydrogen) atoms. The van der Waals surface area contributed by atoms with Crippen molar-refractivity contribution in [2.45, 2.75) is 20.8 Å². The largest absolute Gasteiger partial charge is 0.313 e. The summed E-state index contributed by atoms with van der Waals surface area (Å²) in [6.45, 7) is 5.98. The van der Waals surface area contributed by atoms with Crippen LogP contribution < -0.4 is 4.90 Å². The highest BCUT2D eigenvalue weighted by Gasteiger charge is 2.11. The van der Waals surface area contributed by atoms with E-state index < -0.39 is 0 Å². The summed E-state index contributed by atoms with van der Waals surface area (Å²) in [5, 5.41) is 8.97. The molecule has 4 nitrogen and oxygen atoms in total. The normalized spacial score (nSPS) is 10.1. The number of hydrogen-bond acceptors (Lipinski definition) is 4. The molecule has 1 heterocycles. The molecular weight excluding hydrogens is 236 g/mol. The molecule has 0 aliphatic heterocycles. The SMILES string of the molecule is Cc1ccc(N(C)c2nc(C)cc(C#N)n2)c(C)c1. The van der Waals surface area contributed by atoms with Gasteiger partial charge < -0.3 is 4.90 Å². The lowest BCUT2D eigenvalue weighted by molar-refractivity contribution is 0.997. The lowest BCUT2D eigenvalue weighted by Crippen LogP contribution is -2.15. The number of nitrogens with zero attached hydrogens (tertiary/aromatic N) is 4. The molecule has 96 valence electrons. The zero-order valence-corrected chi connectivity index (χ0v) is 11.6. The highest BCUT2D eigenvalue weighted by atomic mass is 15.2. The van der Waals surface area contributed by atoms with Gasteiger partial charge in [0, 0.05) is 18.4 Å². The molecule has 1 aromatic carbocycles. The van der Waals surface area contributed by atoms with Gasteiger partial charge in [0.15, 0.2) is 0 Å². The van der Waals surface area contributed by atoms with Crippen molar-refractivity contribution in [3.63, 3.8) is 0 Å². The maximum atomic E-state index is 8.97. The van der Waals surface area contributed by atoms with Crippen molar-refractivity contribution in [1.29, 1.82) is 5.26 Å². The summed E-state index contributed by atoms with van der Waals surface area (Å²) in [7, 11) is 1.91. The van der Waals surface area contributed by atoms with E-state index in [-0.39, 0.29) is 0 Å². The summed E-state index contributed by atoms with van der Waals surface area (Å²) in [4.78, 5) is 10.5. The third-order valence-corrected chi connectivity index (χ3v) is 2.97. The first-order chi connectivity index (χ1) is 9.01. The van der Waals surface area contributed by atoms with Crippen LogP contribution in [0.15, 0.2) is 24.3 Å². The smallest absolute Gasteiger partial charge is 0.231 e. The fourth-order valence-corrected chi connectivity index (χ4v) is 2.05. The van der Waals surface area contributed by atoms with Crippen LogP contribution in [0.1, 0.15) is 22.5 Å². The van der Waals surface area contributed by atoms with Crippen LogP contribution in [0.4, 0.5) is 11.6 Å². The number of hydrogen-bond donors (Lipinski definition) is 0. The Morgan fingerprint density at radius 2 is 1.84 bits per heavy atom. The lowest BCUT2D eigenvalue weighted by Gasteiger charge is -2.20. The molecule has 0 saturated carbocycles. The molecule has 0 unspecified atom stereocenters. The predicted octanol–water partition coefficient (Wildman–Crippen LogP) is 3.04. The van der Waals surface area contributed by atoms with Crippen molar-refractivity contribution in [3.05, 3.63) is 46.8 Å². The van der Waals surface area contributed by atoms with Crippen molar-refractivity contribution in [2.75, 3.05) is 11.9 Å². The molecule has 0 N–H and O–H groups in total. The molecule has 0 aliphatic carbocycles. The predicted molar refractivity (Wildman–Crippen MR) is 75.5 cm³/mol. The Kier molecular flexibility index (Phi) is 3.48.